The van der Waals surface area contributed by atoms with E-state index in [0.717, 1.165) is 43.2 Å². The molecule has 2 aromatic carbocycles. The molecule has 126 valence electrons. The third-order valence-electron chi connectivity index (χ3n) is 4.36. The van der Waals surface area contributed by atoms with Gasteiger partial charge < -0.3 is 19.6 Å². The third-order valence-corrected chi connectivity index (χ3v) is 4.36. The Morgan fingerprint density at radius 2 is 1.62 bits per heavy atom. The number of rotatable bonds is 4. The SMILES string of the molecule is COc1ccc(N2CCN(C(=O)Cc3ccc(O)cc3)CC2)cc1. The van der Waals surface area contributed by atoms with Crippen molar-refractivity contribution in [1.82, 2.24) is 4.90 Å². The highest BCUT2D eigenvalue weighted by Crippen LogP contribution is 2.21. The van der Waals surface area contributed by atoms with Crippen molar-refractivity contribution >= 4 is 11.6 Å². The van der Waals surface area contributed by atoms with E-state index < -0.39 is 0 Å². The summed E-state index contributed by atoms with van der Waals surface area (Å²) in [5.41, 5.74) is 2.08. The van der Waals surface area contributed by atoms with Crippen molar-refractivity contribution in [3.8, 4) is 11.5 Å². The van der Waals surface area contributed by atoms with E-state index in [4.69, 9.17) is 4.74 Å². The number of methoxy groups -OCH3 is 1. The zero-order valence-electron chi connectivity index (χ0n) is 13.8. The molecule has 0 unspecified atom stereocenters. The average Bonchev–Trinajstić information content (AvgIpc) is 2.64. The van der Waals surface area contributed by atoms with E-state index in [1.165, 1.54) is 0 Å². The van der Waals surface area contributed by atoms with Gasteiger partial charge in [-0.15, -0.1) is 0 Å². The van der Waals surface area contributed by atoms with E-state index in [0.29, 0.717) is 6.42 Å². The molecule has 24 heavy (non-hydrogen) atoms. The first-order chi connectivity index (χ1) is 11.7. The Bertz CT molecular complexity index is 675. The monoisotopic (exact) mass is 326 g/mol. The fraction of sp³-hybridized carbons (Fsp3) is 0.316. The number of carbonyl (C=O) groups is 1. The van der Waals surface area contributed by atoms with Crippen molar-refractivity contribution in [3.05, 3.63) is 54.1 Å². The Morgan fingerprint density at radius 3 is 2.21 bits per heavy atom. The molecule has 1 aliphatic rings. The molecule has 1 amide bonds. The summed E-state index contributed by atoms with van der Waals surface area (Å²) in [6.45, 7) is 3.10. The van der Waals surface area contributed by atoms with E-state index in [2.05, 4.69) is 4.90 Å². The van der Waals surface area contributed by atoms with Gasteiger partial charge in [-0.25, -0.2) is 0 Å². The van der Waals surface area contributed by atoms with E-state index in [1.807, 2.05) is 29.2 Å². The van der Waals surface area contributed by atoms with Gasteiger partial charge in [0.2, 0.25) is 5.91 Å². The van der Waals surface area contributed by atoms with Crippen LogP contribution >= 0.6 is 0 Å². The van der Waals surface area contributed by atoms with Crippen LogP contribution in [0.5, 0.6) is 11.5 Å². The van der Waals surface area contributed by atoms with Crippen LogP contribution in [-0.2, 0) is 11.2 Å². The van der Waals surface area contributed by atoms with Crippen LogP contribution in [0.25, 0.3) is 0 Å². The zero-order chi connectivity index (χ0) is 16.9. The number of hydrogen-bond donors (Lipinski definition) is 1. The third kappa shape index (κ3) is 3.79. The van der Waals surface area contributed by atoms with Gasteiger partial charge in [-0.2, -0.15) is 0 Å². The van der Waals surface area contributed by atoms with Crippen molar-refractivity contribution < 1.29 is 14.6 Å². The lowest BCUT2D eigenvalue weighted by Gasteiger charge is -2.36. The number of hydrogen-bond acceptors (Lipinski definition) is 4. The summed E-state index contributed by atoms with van der Waals surface area (Å²) < 4.78 is 5.18. The van der Waals surface area contributed by atoms with E-state index in [-0.39, 0.29) is 11.7 Å². The van der Waals surface area contributed by atoms with Crippen LogP contribution in [0.3, 0.4) is 0 Å². The van der Waals surface area contributed by atoms with Crippen LogP contribution in [0.2, 0.25) is 0 Å². The fourth-order valence-corrected chi connectivity index (χ4v) is 2.91. The van der Waals surface area contributed by atoms with Gasteiger partial charge in [0.15, 0.2) is 0 Å². The average molecular weight is 326 g/mol. The number of carbonyl (C=O) groups excluding carboxylic acids is 1. The van der Waals surface area contributed by atoms with Crippen LogP contribution in [0.4, 0.5) is 5.69 Å². The van der Waals surface area contributed by atoms with Gasteiger partial charge in [-0.05, 0) is 42.0 Å². The van der Waals surface area contributed by atoms with Crippen LogP contribution in [0.15, 0.2) is 48.5 Å². The summed E-state index contributed by atoms with van der Waals surface area (Å²) >= 11 is 0. The predicted molar refractivity (Wildman–Crippen MR) is 93.6 cm³/mol. The Hall–Kier alpha value is -2.69. The Kier molecular flexibility index (Phi) is 4.89. The molecule has 2 aromatic rings. The van der Waals surface area contributed by atoms with Crippen molar-refractivity contribution in [3.63, 3.8) is 0 Å². The standard InChI is InChI=1S/C19H22N2O3/c1-24-18-8-4-16(5-9-18)20-10-12-21(13-11-20)19(23)14-15-2-6-17(22)7-3-15/h2-9,22H,10-14H2,1H3. The minimum absolute atomic E-state index is 0.134. The highest BCUT2D eigenvalue weighted by atomic mass is 16.5. The van der Waals surface area contributed by atoms with Crippen LogP contribution in [-0.4, -0.2) is 49.2 Å². The summed E-state index contributed by atoms with van der Waals surface area (Å²) in [4.78, 5) is 16.6. The summed E-state index contributed by atoms with van der Waals surface area (Å²) in [5, 5.41) is 9.30. The van der Waals surface area contributed by atoms with Gasteiger partial charge in [0, 0.05) is 31.9 Å². The van der Waals surface area contributed by atoms with E-state index >= 15 is 0 Å². The molecule has 0 aromatic heterocycles. The Labute approximate surface area is 142 Å². The molecule has 1 heterocycles. The minimum atomic E-state index is 0.134. The van der Waals surface area contributed by atoms with Crippen molar-refractivity contribution in [2.75, 3.05) is 38.2 Å². The van der Waals surface area contributed by atoms with Gasteiger partial charge in [0.25, 0.3) is 0 Å². The first kappa shape index (κ1) is 16.2. The summed E-state index contributed by atoms with van der Waals surface area (Å²) in [7, 11) is 1.66. The normalized spacial score (nSPS) is 14.5. The maximum absolute atomic E-state index is 12.4. The molecule has 1 N–H and O–H groups in total. The largest absolute Gasteiger partial charge is 0.508 e. The van der Waals surface area contributed by atoms with Gasteiger partial charge in [-0.3, -0.25) is 4.79 Å². The maximum atomic E-state index is 12.4. The molecule has 5 heteroatoms. The van der Waals surface area contributed by atoms with Crippen LogP contribution in [0.1, 0.15) is 5.56 Å². The number of phenolic OH excluding ortho intramolecular Hbond substituents is 1. The molecule has 0 atom stereocenters. The van der Waals surface area contributed by atoms with Crippen molar-refractivity contribution in [1.29, 1.82) is 0 Å². The molecule has 0 radical (unpaired) electrons. The first-order valence-corrected chi connectivity index (χ1v) is 8.10. The molecule has 0 saturated carbocycles. The number of nitrogens with zero attached hydrogens (tertiary/aromatic N) is 2. The quantitative estimate of drug-likeness (QED) is 0.937. The minimum Gasteiger partial charge on any atom is -0.508 e. The maximum Gasteiger partial charge on any atom is 0.227 e. The molecule has 5 nitrogen and oxygen atoms in total. The fourth-order valence-electron chi connectivity index (χ4n) is 2.91. The Balaban J connectivity index is 1.54. The lowest BCUT2D eigenvalue weighted by Crippen LogP contribution is -2.49. The molecule has 1 saturated heterocycles. The van der Waals surface area contributed by atoms with Crippen LogP contribution < -0.4 is 9.64 Å². The first-order valence-electron chi connectivity index (χ1n) is 8.10. The molecule has 0 aliphatic carbocycles. The van der Waals surface area contributed by atoms with Gasteiger partial charge in [-0.1, -0.05) is 12.1 Å². The molecule has 0 bridgehead atoms. The predicted octanol–water partition coefficient (Wildman–Crippen LogP) is 2.29. The number of ether oxygens (including phenoxy) is 1. The molecular weight excluding hydrogens is 304 g/mol. The summed E-state index contributed by atoms with van der Waals surface area (Å²) in [6.07, 6.45) is 0.378. The summed E-state index contributed by atoms with van der Waals surface area (Å²) in [6, 6.07) is 14.8. The highest BCUT2D eigenvalue weighted by molar-refractivity contribution is 5.79. The number of phenols is 1. The zero-order valence-corrected chi connectivity index (χ0v) is 13.8. The smallest absolute Gasteiger partial charge is 0.227 e. The lowest BCUT2D eigenvalue weighted by molar-refractivity contribution is -0.130. The number of anilines is 1. The van der Waals surface area contributed by atoms with E-state index in [9.17, 15) is 9.90 Å². The van der Waals surface area contributed by atoms with Gasteiger partial charge >= 0.3 is 0 Å². The van der Waals surface area contributed by atoms with Crippen molar-refractivity contribution in [2.24, 2.45) is 0 Å². The number of piperazine rings is 1. The summed E-state index contributed by atoms with van der Waals surface area (Å²) in [5.74, 6) is 1.20. The lowest BCUT2D eigenvalue weighted by atomic mass is 10.1. The van der Waals surface area contributed by atoms with Gasteiger partial charge in [0.05, 0.1) is 13.5 Å². The van der Waals surface area contributed by atoms with E-state index in [1.54, 1.807) is 31.4 Å². The molecular formula is C19H22N2O3. The van der Waals surface area contributed by atoms with Crippen LogP contribution in [0, 0.1) is 0 Å². The molecule has 1 fully saturated rings. The molecule has 1 aliphatic heterocycles. The molecule has 0 spiro atoms. The topological polar surface area (TPSA) is 53.0 Å². The number of amides is 1. The van der Waals surface area contributed by atoms with Gasteiger partial charge in [0.1, 0.15) is 11.5 Å². The number of benzene rings is 2. The van der Waals surface area contributed by atoms with Crippen molar-refractivity contribution in [2.45, 2.75) is 6.42 Å². The second-order valence-electron chi connectivity index (χ2n) is 5.91. The Morgan fingerprint density at radius 1 is 1.00 bits per heavy atom. The number of aromatic hydroxyl groups is 1. The molecule has 3 rings (SSSR count). The highest BCUT2D eigenvalue weighted by Gasteiger charge is 2.21. The second kappa shape index (κ2) is 7.25. The second-order valence-corrected chi connectivity index (χ2v) is 5.91.